The molecule has 278 valence electrons. The van der Waals surface area contributed by atoms with Gasteiger partial charge in [-0.1, -0.05) is 54.6 Å². The van der Waals surface area contributed by atoms with E-state index >= 15 is 0 Å². The average molecular weight is 770 g/mol. The zero-order valence-corrected chi connectivity index (χ0v) is 28.4. The normalized spacial score (nSPS) is 12.1. The van der Waals surface area contributed by atoms with Gasteiger partial charge < -0.3 is 25.8 Å². The van der Waals surface area contributed by atoms with Gasteiger partial charge in [0.25, 0.3) is 11.8 Å². The highest BCUT2D eigenvalue weighted by Crippen LogP contribution is 2.41. The number of ether oxygens (including phenoxy) is 1. The van der Waals surface area contributed by atoms with E-state index < -0.39 is 63.7 Å². The first-order valence-electron chi connectivity index (χ1n) is 15.5. The summed E-state index contributed by atoms with van der Waals surface area (Å²) < 4.78 is 103. The van der Waals surface area contributed by atoms with Crippen molar-refractivity contribution >= 4 is 46.9 Å². The molecule has 0 saturated heterocycles. The quantitative estimate of drug-likeness (QED) is 0.0462. The van der Waals surface area contributed by atoms with Gasteiger partial charge in [-0.2, -0.15) is 13.2 Å². The number of rotatable bonds is 11. The summed E-state index contributed by atoms with van der Waals surface area (Å²) in [6, 6.07) is 25.5. The van der Waals surface area contributed by atoms with Crippen LogP contribution in [0.15, 0.2) is 114 Å². The van der Waals surface area contributed by atoms with Gasteiger partial charge in [-0.15, -0.1) is 11.8 Å². The zero-order chi connectivity index (χ0) is 39.2. The fourth-order valence-corrected chi connectivity index (χ4v) is 6.06. The maximum Gasteiger partial charge on any atom is 0.422 e. The number of halogens is 7. The van der Waals surface area contributed by atoms with Crippen LogP contribution in [-0.2, 0) is 15.8 Å². The Kier molecular flexibility index (Phi) is 12.0. The molecule has 8 nitrogen and oxygen atoms in total. The third-order valence-electron chi connectivity index (χ3n) is 7.53. The standard InChI is InChI=1S/C38H26F7N3O5S/c1-53-27-19-24(49)16-15-22(27)17-26(47-35(50)21-11-6-3-7-12-21)36(51)46-23-13-8-14-25(18-23)54-34(20-9-4-2-5-10-20)37(52)48-33-31(41)29(39)28(38(43,44)45)30(40)32(33)42/h2-19,34,49H,1H3,(H,46,51)(H,47,50)(H,48,52)/b26-17+. The largest absolute Gasteiger partial charge is 0.508 e. The monoisotopic (exact) mass is 769 g/mol. The van der Waals surface area contributed by atoms with Crippen molar-refractivity contribution in [3.8, 4) is 11.5 Å². The molecule has 0 aliphatic heterocycles. The van der Waals surface area contributed by atoms with Crippen LogP contribution in [0.2, 0.25) is 0 Å². The number of aromatic hydroxyl groups is 1. The minimum Gasteiger partial charge on any atom is -0.508 e. The molecule has 5 aromatic carbocycles. The van der Waals surface area contributed by atoms with Crippen molar-refractivity contribution in [1.29, 1.82) is 0 Å². The number of benzene rings is 5. The van der Waals surface area contributed by atoms with Gasteiger partial charge in [-0.25, -0.2) is 17.6 Å². The number of nitrogens with one attached hydrogen (secondary N) is 3. The van der Waals surface area contributed by atoms with Gasteiger partial charge >= 0.3 is 6.18 Å². The van der Waals surface area contributed by atoms with E-state index in [1.807, 2.05) is 0 Å². The van der Waals surface area contributed by atoms with Crippen molar-refractivity contribution in [2.75, 3.05) is 17.7 Å². The zero-order valence-electron chi connectivity index (χ0n) is 27.6. The van der Waals surface area contributed by atoms with Crippen LogP contribution in [0.4, 0.5) is 42.1 Å². The topological polar surface area (TPSA) is 117 Å². The molecule has 0 saturated carbocycles. The molecule has 0 bridgehead atoms. The Morgan fingerprint density at radius 1 is 0.778 bits per heavy atom. The van der Waals surface area contributed by atoms with Crippen molar-refractivity contribution in [2.45, 2.75) is 16.3 Å². The summed E-state index contributed by atoms with van der Waals surface area (Å²) >= 11 is 0.763. The average Bonchev–Trinajstić information content (AvgIpc) is 3.15. The Labute approximate surface area is 306 Å². The molecule has 0 fully saturated rings. The molecule has 0 heterocycles. The molecule has 5 aromatic rings. The smallest absolute Gasteiger partial charge is 0.422 e. The highest BCUT2D eigenvalue weighted by molar-refractivity contribution is 8.00. The van der Waals surface area contributed by atoms with Gasteiger partial charge in [0.2, 0.25) is 5.91 Å². The lowest BCUT2D eigenvalue weighted by molar-refractivity contribution is -0.143. The molecular formula is C38H26F7N3O5S. The minimum atomic E-state index is -5.77. The maximum atomic E-state index is 14.7. The van der Waals surface area contributed by atoms with E-state index in [-0.39, 0.29) is 38.9 Å². The summed E-state index contributed by atoms with van der Waals surface area (Å²) in [6.45, 7) is 0. The van der Waals surface area contributed by atoms with Crippen molar-refractivity contribution in [3.05, 3.63) is 154 Å². The number of amides is 3. The van der Waals surface area contributed by atoms with Crippen LogP contribution >= 0.6 is 11.8 Å². The number of hydrogen-bond donors (Lipinski definition) is 4. The lowest BCUT2D eigenvalue weighted by Gasteiger charge is -2.19. The summed E-state index contributed by atoms with van der Waals surface area (Å²) in [6.07, 6.45) is -4.46. The molecule has 1 atom stereocenters. The number of methoxy groups -OCH3 is 1. The number of phenolic OH excluding ortho intramolecular Hbond substituents is 1. The van der Waals surface area contributed by atoms with Gasteiger partial charge in [-0.05, 0) is 54.1 Å². The van der Waals surface area contributed by atoms with Gasteiger partial charge in [-0.3, -0.25) is 14.4 Å². The first kappa shape index (κ1) is 38.9. The summed E-state index contributed by atoms with van der Waals surface area (Å²) in [5, 5.41) is 15.3. The molecule has 54 heavy (non-hydrogen) atoms. The van der Waals surface area contributed by atoms with Crippen LogP contribution in [0.1, 0.15) is 32.3 Å². The van der Waals surface area contributed by atoms with E-state index in [1.54, 1.807) is 29.6 Å². The molecule has 16 heteroatoms. The van der Waals surface area contributed by atoms with Crippen LogP contribution in [-0.4, -0.2) is 29.9 Å². The molecular weight excluding hydrogens is 743 g/mol. The lowest BCUT2D eigenvalue weighted by Crippen LogP contribution is -2.30. The van der Waals surface area contributed by atoms with Crippen LogP contribution in [0.3, 0.4) is 0 Å². The highest BCUT2D eigenvalue weighted by Gasteiger charge is 2.43. The van der Waals surface area contributed by atoms with E-state index in [0.29, 0.717) is 5.56 Å². The van der Waals surface area contributed by atoms with Gasteiger partial charge in [0, 0.05) is 27.8 Å². The van der Waals surface area contributed by atoms with E-state index in [4.69, 9.17) is 4.74 Å². The molecule has 1 unspecified atom stereocenters. The molecule has 4 N–H and O–H groups in total. The Bertz CT molecular complexity index is 2210. The van der Waals surface area contributed by atoms with E-state index in [1.165, 1.54) is 92.0 Å². The predicted molar refractivity (Wildman–Crippen MR) is 187 cm³/mol. The van der Waals surface area contributed by atoms with E-state index in [2.05, 4.69) is 10.6 Å². The minimum absolute atomic E-state index is 0.117. The first-order valence-corrected chi connectivity index (χ1v) is 16.4. The summed E-state index contributed by atoms with van der Waals surface area (Å²) in [4.78, 5) is 40.5. The van der Waals surface area contributed by atoms with Crippen LogP contribution < -0.4 is 20.7 Å². The summed E-state index contributed by atoms with van der Waals surface area (Å²) in [5.74, 6) is -13.0. The Morgan fingerprint density at radius 3 is 2.02 bits per heavy atom. The van der Waals surface area contributed by atoms with Crippen molar-refractivity contribution in [1.82, 2.24) is 5.32 Å². The number of anilines is 2. The second kappa shape index (κ2) is 16.6. The van der Waals surface area contributed by atoms with E-state index in [0.717, 1.165) is 11.8 Å². The molecule has 0 spiro atoms. The number of carbonyl (C=O) groups is 3. The SMILES string of the molecule is COc1cc(O)ccc1/C=C(/NC(=O)c1ccccc1)C(=O)Nc1cccc(SC(C(=O)Nc2c(F)c(F)c(C(F)(F)F)c(F)c2F)c2ccccc2)c1. The maximum absolute atomic E-state index is 14.7. The van der Waals surface area contributed by atoms with Gasteiger partial charge in [0.1, 0.15) is 33.7 Å². The van der Waals surface area contributed by atoms with Crippen LogP contribution in [0, 0.1) is 23.3 Å². The Morgan fingerprint density at radius 2 is 1.41 bits per heavy atom. The van der Waals surface area contributed by atoms with Crippen molar-refractivity contribution in [2.24, 2.45) is 0 Å². The fourth-order valence-electron chi connectivity index (χ4n) is 4.98. The molecule has 0 aliphatic rings. The third-order valence-corrected chi connectivity index (χ3v) is 8.78. The second-order valence-electron chi connectivity index (χ2n) is 11.2. The number of hydrogen-bond acceptors (Lipinski definition) is 6. The lowest BCUT2D eigenvalue weighted by atomic mass is 10.1. The predicted octanol–water partition coefficient (Wildman–Crippen LogP) is 8.86. The Balaban J connectivity index is 1.44. The molecule has 0 radical (unpaired) electrons. The number of phenols is 1. The van der Waals surface area contributed by atoms with Crippen LogP contribution in [0.5, 0.6) is 11.5 Å². The van der Waals surface area contributed by atoms with E-state index in [9.17, 15) is 50.2 Å². The highest BCUT2D eigenvalue weighted by atomic mass is 32.2. The number of thioether (sulfide) groups is 1. The third kappa shape index (κ3) is 9.01. The Hall–Kier alpha value is -6.29. The molecule has 0 aromatic heterocycles. The molecule has 5 rings (SSSR count). The fraction of sp³-hybridized carbons (Fsp3) is 0.0789. The summed E-state index contributed by atoms with van der Waals surface area (Å²) in [7, 11) is 1.34. The van der Waals surface area contributed by atoms with Gasteiger partial charge in [0.05, 0.1) is 7.11 Å². The number of carbonyl (C=O) groups excluding carboxylic acids is 3. The van der Waals surface area contributed by atoms with Gasteiger partial charge in [0.15, 0.2) is 23.3 Å². The molecule has 0 aliphatic carbocycles. The number of alkyl halides is 3. The first-order chi connectivity index (χ1) is 25.7. The van der Waals surface area contributed by atoms with Crippen molar-refractivity contribution in [3.63, 3.8) is 0 Å². The van der Waals surface area contributed by atoms with Crippen molar-refractivity contribution < 1.29 is 55.0 Å². The second-order valence-corrected chi connectivity index (χ2v) is 12.4. The van der Waals surface area contributed by atoms with Crippen LogP contribution in [0.25, 0.3) is 6.08 Å². The summed E-state index contributed by atoms with van der Waals surface area (Å²) in [5.41, 5.74) is -3.88. The molecule has 3 amide bonds.